The smallest absolute Gasteiger partial charge is 0.0802 e. The number of aliphatic hydroxyl groups is 2. The average molecular weight is 263 g/mol. The van der Waals surface area contributed by atoms with Crippen molar-refractivity contribution < 1.29 is 10.2 Å². The van der Waals surface area contributed by atoms with Crippen molar-refractivity contribution in [3.63, 3.8) is 0 Å². The van der Waals surface area contributed by atoms with E-state index in [1.165, 1.54) is 0 Å². The van der Waals surface area contributed by atoms with E-state index in [0.29, 0.717) is 16.5 Å². The minimum atomic E-state index is -0.745. The van der Waals surface area contributed by atoms with Crippen LogP contribution in [0.25, 0.3) is 0 Å². The van der Waals surface area contributed by atoms with Gasteiger partial charge >= 0.3 is 0 Å². The lowest BCUT2D eigenvalue weighted by Crippen LogP contribution is -2.24. The van der Waals surface area contributed by atoms with Crippen LogP contribution in [0.2, 0.25) is 10.0 Å². The van der Waals surface area contributed by atoms with Crippen molar-refractivity contribution in [2.24, 2.45) is 0 Å². The molecule has 3 atom stereocenters. The molecule has 1 aromatic carbocycles. The molecule has 16 heavy (non-hydrogen) atoms. The van der Waals surface area contributed by atoms with Crippen LogP contribution in [0.3, 0.4) is 0 Å². The van der Waals surface area contributed by atoms with Crippen molar-refractivity contribution in [1.82, 2.24) is 0 Å². The van der Waals surface area contributed by atoms with E-state index < -0.39 is 12.2 Å². The molecule has 0 saturated heterocycles. The number of halogens is 2. The maximum atomic E-state index is 9.59. The van der Waals surface area contributed by atoms with Crippen molar-refractivity contribution in [2.45, 2.75) is 38.4 Å². The molecule has 0 amide bonds. The average Bonchev–Trinajstić information content (AvgIpc) is 2.21. The monoisotopic (exact) mass is 262 g/mol. The second-order valence-electron chi connectivity index (χ2n) is 4.09. The standard InChI is InChI=1S/C12H16Cl2O2/c1-7(6-11(16)8(2)15)9-4-3-5-10(13)12(9)14/h3-5,7-8,11,15-16H,6H2,1-2H3. The molecule has 0 bridgehead atoms. The molecule has 4 heteroatoms. The second kappa shape index (κ2) is 5.87. The maximum Gasteiger partial charge on any atom is 0.0802 e. The zero-order valence-corrected chi connectivity index (χ0v) is 10.8. The van der Waals surface area contributed by atoms with Crippen LogP contribution >= 0.6 is 23.2 Å². The molecule has 2 nitrogen and oxygen atoms in total. The summed E-state index contributed by atoms with van der Waals surface area (Å²) >= 11 is 12.0. The Morgan fingerprint density at radius 1 is 1.19 bits per heavy atom. The van der Waals surface area contributed by atoms with Gasteiger partial charge in [-0.3, -0.25) is 0 Å². The van der Waals surface area contributed by atoms with E-state index in [0.717, 1.165) is 5.56 Å². The summed E-state index contributed by atoms with van der Waals surface area (Å²) in [5.41, 5.74) is 0.897. The molecule has 2 N–H and O–H groups in total. The van der Waals surface area contributed by atoms with E-state index in [-0.39, 0.29) is 5.92 Å². The molecular formula is C12H16Cl2O2. The molecule has 0 aromatic heterocycles. The molecule has 0 aliphatic carbocycles. The lowest BCUT2D eigenvalue weighted by molar-refractivity contribution is 0.0227. The zero-order chi connectivity index (χ0) is 12.3. The van der Waals surface area contributed by atoms with Gasteiger partial charge in [-0.2, -0.15) is 0 Å². The molecule has 0 aliphatic rings. The lowest BCUT2D eigenvalue weighted by atomic mass is 9.93. The van der Waals surface area contributed by atoms with Crippen LogP contribution in [-0.4, -0.2) is 22.4 Å². The molecule has 0 saturated carbocycles. The number of hydrogen-bond acceptors (Lipinski definition) is 2. The van der Waals surface area contributed by atoms with Crippen LogP contribution in [0, 0.1) is 0 Å². The van der Waals surface area contributed by atoms with E-state index >= 15 is 0 Å². The van der Waals surface area contributed by atoms with Gasteiger partial charge in [0.2, 0.25) is 0 Å². The number of hydrogen-bond donors (Lipinski definition) is 2. The maximum absolute atomic E-state index is 9.59. The third-order valence-electron chi connectivity index (χ3n) is 2.66. The molecule has 0 aliphatic heterocycles. The van der Waals surface area contributed by atoms with E-state index in [9.17, 15) is 10.2 Å². The Morgan fingerprint density at radius 2 is 1.81 bits per heavy atom. The van der Waals surface area contributed by atoms with Crippen molar-refractivity contribution in [2.75, 3.05) is 0 Å². The van der Waals surface area contributed by atoms with Crippen molar-refractivity contribution >= 4 is 23.2 Å². The summed E-state index contributed by atoms with van der Waals surface area (Å²) in [6, 6.07) is 5.44. The second-order valence-corrected chi connectivity index (χ2v) is 4.87. The van der Waals surface area contributed by atoms with Gasteiger partial charge in [-0.15, -0.1) is 0 Å². The van der Waals surface area contributed by atoms with Crippen LogP contribution < -0.4 is 0 Å². The fraction of sp³-hybridized carbons (Fsp3) is 0.500. The van der Waals surface area contributed by atoms with Gasteiger partial charge in [0.25, 0.3) is 0 Å². The molecule has 1 aromatic rings. The summed E-state index contributed by atoms with van der Waals surface area (Å²) in [5, 5.41) is 19.9. The highest BCUT2D eigenvalue weighted by atomic mass is 35.5. The van der Waals surface area contributed by atoms with Gasteiger partial charge in [0.1, 0.15) is 0 Å². The van der Waals surface area contributed by atoms with Gasteiger partial charge in [-0.25, -0.2) is 0 Å². The van der Waals surface area contributed by atoms with Crippen molar-refractivity contribution in [3.8, 4) is 0 Å². The third-order valence-corrected chi connectivity index (χ3v) is 3.50. The summed E-state index contributed by atoms with van der Waals surface area (Å²) < 4.78 is 0. The molecule has 90 valence electrons. The Bertz CT molecular complexity index is 353. The first-order valence-corrected chi connectivity index (χ1v) is 5.99. The normalized spacial score (nSPS) is 16.9. The van der Waals surface area contributed by atoms with Gasteiger partial charge in [0.15, 0.2) is 0 Å². The van der Waals surface area contributed by atoms with Gasteiger partial charge < -0.3 is 10.2 Å². The van der Waals surface area contributed by atoms with Crippen LogP contribution in [-0.2, 0) is 0 Å². The van der Waals surface area contributed by atoms with E-state index in [1.54, 1.807) is 13.0 Å². The summed E-state index contributed by atoms with van der Waals surface area (Å²) in [6.07, 6.45) is -1.02. The Kier molecular flexibility index (Phi) is 5.06. The van der Waals surface area contributed by atoms with Gasteiger partial charge in [0, 0.05) is 0 Å². The van der Waals surface area contributed by atoms with E-state index in [2.05, 4.69) is 0 Å². The van der Waals surface area contributed by atoms with Crippen molar-refractivity contribution in [3.05, 3.63) is 33.8 Å². The Labute approximate surface area is 106 Å². The van der Waals surface area contributed by atoms with E-state index in [4.69, 9.17) is 23.2 Å². The highest BCUT2D eigenvalue weighted by Crippen LogP contribution is 2.33. The SMILES string of the molecule is CC(CC(O)C(C)O)c1cccc(Cl)c1Cl. The third kappa shape index (κ3) is 3.36. The first-order chi connectivity index (χ1) is 7.43. The molecular weight excluding hydrogens is 247 g/mol. The molecule has 0 heterocycles. The first-order valence-electron chi connectivity index (χ1n) is 5.23. The Morgan fingerprint density at radius 3 is 2.38 bits per heavy atom. The quantitative estimate of drug-likeness (QED) is 0.875. The van der Waals surface area contributed by atoms with E-state index in [1.807, 2.05) is 19.1 Å². The predicted octanol–water partition coefficient (Wildman–Crippen LogP) is 3.23. The fourth-order valence-corrected chi connectivity index (χ4v) is 2.08. The van der Waals surface area contributed by atoms with Crippen LogP contribution in [0.1, 0.15) is 31.7 Å². The summed E-state index contributed by atoms with van der Waals surface area (Å²) in [4.78, 5) is 0. The molecule has 0 radical (unpaired) electrons. The number of benzene rings is 1. The predicted molar refractivity (Wildman–Crippen MR) is 67.2 cm³/mol. The largest absolute Gasteiger partial charge is 0.391 e. The van der Waals surface area contributed by atoms with Crippen LogP contribution in [0.5, 0.6) is 0 Å². The lowest BCUT2D eigenvalue weighted by Gasteiger charge is -2.20. The van der Waals surface area contributed by atoms with Gasteiger partial charge in [0.05, 0.1) is 22.3 Å². The summed E-state index contributed by atoms with van der Waals surface area (Å²) in [6.45, 7) is 3.51. The molecule has 0 spiro atoms. The first kappa shape index (κ1) is 13.8. The topological polar surface area (TPSA) is 40.5 Å². The Balaban J connectivity index is 2.80. The zero-order valence-electron chi connectivity index (χ0n) is 9.32. The highest BCUT2D eigenvalue weighted by Gasteiger charge is 2.18. The molecule has 0 fully saturated rings. The highest BCUT2D eigenvalue weighted by molar-refractivity contribution is 6.42. The van der Waals surface area contributed by atoms with Gasteiger partial charge in [-0.1, -0.05) is 42.3 Å². The van der Waals surface area contributed by atoms with Crippen LogP contribution in [0.4, 0.5) is 0 Å². The fourth-order valence-electron chi connectivity index (χ4n) is 1.59. The van der Waals surface area contributed by atoms with Crippen molar-refractivity contribution in [1.29, 1.82) is 0 Å². The minimum absolute atomic E-state index is 0.0517. The number of rotatable bonds is 4. The Hall–Kier alpha value is -0.280. The molecule has 3 unspecified atom stereocenters. The van der Waals surface area contributed by atoms with Gasteiger partial charge in [-0.05, 0) is 30.9 Å². The molecule has 1 rings (SSSR count). The summed E-state index contributed by atoms with van der Waals surface area (Å²) in [5.74, 6) is 0.0517. The van der Waals surface area contributed by atoms with Crippen LogP contribution in [0.15, 0.2) is 18.2 Å². The minimum Gasteiger partial charge on any atom is -0.391 e. The number of aliphatic hydroxyl groups excluding tert-OH is 2. The summed E-state index contributed by atoms with van der Waals surface area (Å²) in [7, 11) is 0.